The van der Waals surface area contributed by atoms with Crippen molar-refractivity contribution in [1.29, 1.82) is 0 Å². The molecule has 1 aliphatic heterocycles. The SMILES string of the molecule is CCC(C)Oc1ccc(C(=O)Nc2cccc(Cl)c2N2CCN(C)CC2)cc1. The fourth-order valence-electron chi connectivity index (χ4n) is 3.16. The first-order chi connectivity index (χ1) is 13.5. The van der Waals surface area contributed by atoms with E-state index in [4.69, 9.17) is 16.3 Å². The molecule has 2 aromatic rings. The molecule has 0 bridgehead atoms. The number of piperazine rings is 1. The average Bonchev–Trinajstić information content (AvgIpc) is 2.69. The smallest absolute Gasteiger partial charge is 0.255 e. The minimum atomic E-state index is -0.160. The monoisotopic (exact) mass is 401 g/mol. The van der Waals surface area contributed by atoms with Crippen molar-refractivity contribution < 1.29 is 9.53 Å². The molecule has 1 saturated heterocycles. The average molecular weight is 402 g/mol. The lowest BCUT2D eigenvalue weighted by molar-refractivity contribution is 0.102. The zero-order chi connectivity index (χ0) is 20.1. The van der Waals surface area contributed by atoms with Crippen molar-refractivity contribution in [1.82, 2.24) is 4.90 Å². The minimum absolute atomic E-state index is 0.150. The third kappa shape index (κ3) is 4.97. The Bertz CT molecular complexity index is 802. The van der Waals surface area contributed by atoms with Crippen LogP contribution in [0.3, 0.4) is 0 Å². The van der Waals surface area contributed by atoms with Gasteiger partial charge in [0.1, 0.15) is 5.75 Å². The topological polar surface area (TPSA) is 44.8 Å². The lowest BCUT2D eigenvalue weighted by Crippen LogP contribution is -2.44. The van der Waals surface area contributed by atoms with E-state index in [0.717, 1.165) is 49.7 Å². The first-order valence-electron chi connectivity index (χ1n) is 9.78. The molecule has 150 valence electrons. The fraction of sp³-hybridized carbons (Fsp3) is 0.409. The second kappa shape index (κ2) is 9.30. The van der Waals surface area contributed by atoms with E-state index >= 15 is 0 Å². The molecule has 1 atom stereocenters. The molecule has 1 heterocycles. The molecule has 0 spiro atoms. The number of nitrogens with zero attached hydrogens (tertiary/aromatic N) is 2. The van der Waals surface area contributed by atoms with Crippen LogP contribution in [-0.4, -0.2) is 50.1 Å². The molecule has 0 aromatic heterocycles. The summed E-state index contributed by atoms with van der Waals surface area (Å²) in [6.07, 6.45) is 1.09. The quantitative estimate of drug-likeness (QED) is 0.772. The van der Waals surface area contributed by atoms with Gasteiger partial charge in [0.15, 0.2) is 0 Å². The number of amides is 1. The van der Waals surface area contributed by atoms with Gasteiger partial charge in [-0.15, -0.1) is 0 Å². The molecular weight excluding hydrogens is 374 g/mol. The lowest BCUT2D eigenvalue weighted by Gasteiger charge is -2.35. The normalized spacial score (nSPS) is 15.9. The summed E-state index contributed by atoms with van der Waals surface area (Å²) in [5.41, 5.74) is 2.21. The maximum Gasteiger partial charge on any atom is 0.255 e. The molecule has 1 N–H and O–H groups in total. The predicted octanol–water partition coefficient (Wildman–Crippen LogP) is 4.52. The maximum absolute atomic E-state index is 12.8. The number of hydrogen-bond donors (Lipinski definition) is 1. The third-order valence-corrected chi connectivity index (χ3v) is 5.39. The van der Waals surface area contributed by atoms with Gasteiger partial charge in [-0.1, -0.05) is 24.6 Å². The molecule has 1 aliphatic rings. The summed E-state index contributed by atoms with van der Waals surface area (Å²) >= 11 is 6.49. The summed E-state index contributed by atoms with van der Waals surface area (Å²) in [6, 6.07) is 12.9. The summed E-state index contributed by atoms with van der Waals surface area (Å²) in [5, 5.41) is 3.68. The highest BCUT2D eigenvalue weighted by Gasteiger charge is 2.21. The number of anilines is 2. The molecular formula is C22H28ClN3O2. The van der Waals surface area contributed by atoms with E-state index in [-0.39, 0.29) is 12.0 Å². The first-order valence-corrected chi connectivity index (χ1v) is 10.2. The van der Waals surface area contributed by atoms with Crippen molar-refractivity contribution in [3.05, 3.63) is 53.1 Å². The third-order valence-electron chi connectivity index (χ3n) is 5.08. The van der Waals surface area contributed by atoms with Crippen molar-refractivity contribution >= 4 is 28.9 Å². The number of hydrogen-bond acceptors (Lipinski definition) is 4. The Labute approximate surface area is 172 Å². The van der Waals surface area contributed by atoms with Crippen LogP contribution in [0.1, 0.15) is 30.6 Å². The van der Waals surface area contributed by atoms with Crippen LogP contribution in [0.15, 0.2) is 42.5 Å². The molecule has 3 rings (SSSR count). The molecule has 0 radical (unpaired) electrons. The second-order valence-corrected chi connectivity index (χ2v) is 7.65. The highest BCUT2D eigenvalue weighted by atomic mass is 35.5. The largest absolute Gasteiger partial charge is 0.491 e. The summed E-state index contributed by atoms with van der Waals surface area (Å²) in [6.45, 7) is 7.80. The summed E-state index contributed by atoms with van der Waals surface area (Å²) in [4.78, 5) is 17.3. The van der Waals surface area contributed by atoms with E-state index in [0.29, 0.717) is 10.6 Å². The van der Waals surface area contributed by atoms with Gasteiger partial charge < -0.3 is 19.9 Å². The van der Waals surface area contributed by atoms with E-state index < -0.39 is 0 Å². The first kappa shape index (κ1) is 20.5. The van der Waals surface area contributed by atoms with Crippen molar-refractivity contribution in [2.75, 3.05) is 43.4 Å². The van der Waals surface area contributed by atoms with Crippen molar-refractivity contribution in [2.24, 2.45) is 0 Å². The second-order valence-electron chi connectivity index (χ2n) is 7.24. The number of likely N-dealkylation sites (N-methyl/N-ethyl adjacent to an activating group) is 1. The summed E-state index contributed by atoms with van der Waals surface area (Å²) in [7, 11) is 2.11. The standard InChI is InChI=1S/C22H28ClN3O2/c1-4-16(2)28-18-10-8-17(9-11-18)22(27)24-20-7-5-6-19(23)21(20)26-14-12-25(3)13-15-26/h5-11,16H,4,12-15H2,1-3H3,(H,24,27). The van der Waals surface area contributed by atoms with Gasteiger partial charge in [-0.2, -0.15) is 0 Å². The Morgan fingerprint density at radius 2 is 1.82 bits per heavy atom. The highest BCUT2D eigenvalue weighted by molar-refractivity contribution is 6.34. The summed E-state index contributed by atoms with van der Waals surface area (Å²) < 4.78 is 5.78. The van der Waals surface area contributed by atoms with Crippen LogP contribution in [0.25, 0.3) is 0 Å². The van der Waals surface area contributed by atoms with Crippen LogP contribution < -0.4 is 15.0 Å². The van der Waals surface area contributed by atoms with E-state index in [1.807, 2.05) is 37.3 Å². The number of halogens is 1. The molecule has 2 aromatic carbocycles. The maximum atomic E-state index is 12.8. The Kier molecular flexibility index (Phi) is 6.81. The van der Waals surface area contributed by atoms with Crippen molar-refractivity contribution in [3.8, 4) is 5.75 Å². The molecule has 1 unspecified atom stereocenters. The van der Waals surface area contributed by atoms with Crippen molar-refractivity contribution in [3.63, 3.8) is 0 Å². The van der Waals surface area contributed by atoms with Gasteiger partial charge in [0.2, 0.25) is 0 Å². The molecule has 1 amide bonds. The van der Waals surface area contributed by atoms with E-state index in [1.54, 1.807) is 12.1 Å². The Balaban J connectivity index is 1.74. The summed E-state index contributed by atoms with van der Waals surface area (Å²) in [5.74, 6) is 0.611. The molecule has 6 heteroatoms. The number of nitrogens with one attached hydrogen (secondary N) is 1. The van der Waals surface area contributed by atoms with Crippen LogP contribution in [0.4, 0.5) is 11.4 Å². The molecule has 28 heavy (non-hydrogen) atoms. The fourth-order valence-corrected chi connectivity index (χ4v) is 3.46. The van der Waals surface area contributed by atoms with Gasteiger partial charge in [-0.05, 0) is 56.8 Å². The Morgan fingerprint density at radius 1 is 1.14 bits per heavy atom. The van der Waals surface area contributed by atoms with Gasteiger partial charge in [0, 0.05) is 31.7 Å². The van der Waals surface area contributed by atoms with E-state index in [9.17, 15) is 4.79 Å². The molecule has 1 fully saturated rings. The van der Waals surface area contributed by atoms with Crippen LogP contribution in [0.2, 0.25) is 5.02 Å². The zero-order valence-corrected chi connectivity index (χ0v) is 17.5. The number of carbonyl (C=O) groups is 1. The van der Waals surface area contributed by atoms with Gasteiger partial charge in [0.05, 0.1) is 22.5 Å². The van der Waals surface area contributed by atoms with Gasteiger partial charge >= 0.3 is 0 Å². The number of carbonyl (C=O) groups excluding carboxylic acids is 1. The molecule has 0 aliphatic carbocycles. The number of benzene rings is 2. The van der Waals surface area contributed by atoms with Crippen molar-refractivity contribution in [2.45, 2.75) is 26.4 Å². The van der Waals surface area contributed by atoms with E-state index in [2.05, 4.69) is 29.1 Å². The Hall–Kier alpha value is -2.24. The number of ether oxygens (including phenoxy) is 1. The predicted molar refractivity (Wildman–Crippen MR) is 116 cm³/mol. The number of rotatable bonds is 6. The van der Waals surface area contributed by atoms with Gasteiger partial charge in [0.25, 0.3) is 5.91 Å². The Morgan fingerprint density at radius 3 is 2.46 bits per heavy atom. The van der Waals surface area contributed by atoms with Crippen LogP contribution >= 0.6 is 11.6 Å². The zero-order valence-electron chi connectivity index (χ0n) is 16.7. The number of para-hydroxylation sites is 1. The molecule has 0 saturated carbocycles. The highest BCUT2D eigenvalue weighted by Crippen LogP contribution is 2.34. The van der Waals surface area contributed by atoms with E-state index in [1.165, 1.54) is 0 Å². The van der Waals surface area contributed by atoms with Crippen LogP contribution in [-0.2, 0) is 0 Å². The van der Waals surface area contributed by atoms with Gasteiger partial charge in [-0.3, -0.25) is 4.79 Å². The van der Waals surface area contributed by atoms with Crippen LogP contribution in [0, 0.1) is 0 Å². The lowest BCUT2D eigenvalue weighted by atomic mass is 10.1. The van der Waals surface area contributed by atoms with Crippen LogP contribution in [0.5, 0.6) is 5.75 Å². The van der Waals surface area contributed by atoms with Gasteiger partial charge in [-0.25, -0.2) is 0 Å². The minimum Gasteiger partial charge on any atom is -0.491 e. The molecule has 5 nitrogen and oxygen atoms in total.